The quantitative estimate of drug-likeness (QED) is 0.423. The van der Waals surface area contributed by atoms with Gasteiger partial charge in [0.05, 0.1) is 25.6 Å². The Hall–Kier alpha value is -2.30. The smallest absolute Gasteiger partial charge is 0.166 e. The largest absolute Gasteiger partial charge is 0.504 e. The average Bonchev–Trinajstić information content (AvgIpc) is 3.17. The number of phenols is 1. The van der Waals surface area contributed by atoms with Crippen molar-refractivity contribution in [2.24, 2.45) is 11.8 Å². The second kappa shape index (κ2) is 7.86. The molecule has 2 aromatic carbocycles. The number of aromatic hydroxyl groups is 1. The van der Waals surface area contributed by atoms with Gasteiger partial charge in [0.25, 0.3) is 0 Å². The van der Waals surface area contributed by atoms with Crippen molar-refractivity contribution in [1.29, 1.82) is 0 Å². The highest BCUT2D eigenvalue weighted by Gasteiger charge is 2.70. The molecule has 0 amide bonds. The standard InChI is InChI=1S/C33H43NO3/c1-20(16-22-8-10-24(11-9-22)31(3,4)5)19-34(7)15-14-33-25-12-13-32(6,36)30(33)37-29-27(33)23(18-26(25)34)17-21(2)28(29)35/h8-13,17,20,25-26,30,36H,14-16,18-19H2,1-7H3/p+1/t20?,25-,26+,30-,32-,33-,34+/m0/s1. The van der Waals surface area contributed by atoms with Crippen molar-refractivity contribution in [2.75, 3.05) is 20.1 Å². The number of hydrogen-bond donors (Lipinski definition) is 2. The number of phenolic OH excluding ortho intramolecular Hbond substituents is 1. The molecule has 198 valence electrons. The fraction of sp³-hybridized carbons (Fsp3) is 0.576. The van der Waals surface area contributed by atoms with Crippen LogP contribution in [0.1, 0.15) is 68.9 Å². The summed E-state index contributed by atoms with van der Waals surface area (Å²) in [6.45, 7) is 15.2. The Labute approximate surface area is 222 Å². The maximum Gasteiger partial charge on any atom is 0.166 e. The van der Waals surface area contributed by atoms with Crippen LogP contribution in [0.4, 0.5) is 0 Å². The van der Waals surface area contributed by atoms with Crippen LogP contribution < -0.4 is 4.74 Å². The minimum atomic E-state index is -1.05. The van der Waals surface area contributed by atoms with Crippen molar-refractivity contribution in [1.82, 2.24) is 0 Å². The predicted octanol–water partition coefficient (Wildman–Crippen LogP) is 5.59. The Bertz CT molecular complexity index is 1270. The van der Waals surface area contributed by atoms with Crippen LogP contribution in [-0.4, -0.2) is 52.6 Å². The molecule has 4 nitrogen and oxygen atoms in total. The van der Waals surface area contributed by atoms with Crippen molar-refractivity contribution < 1.29 is 19.4 Å². The first-order valence-corrected chi connectivity index (χ1v) is 14.1. The summed E-state index contributed by atoms with van der Waals surface area (Å²) in [7, 11) is 2.46. The number of aryl methyl sites for hydroxylation is 1. The summed E-state index contributed by atoms with van der Waals surface area (Å²) < 4.78 is 7.55. The zero-order valence-corrected chi connectivity index (χ0v) is 23.6. The van der Waals surface area contributed by atoms with E-state index in [1.807, 2.05) is 19.9 Å². The van der Waals surface area contributed by atoms with Gasteiger partial charge in [0, 0.05) is 30.2 Å². The van der Waals surface area contributed by atoms with Gasteiger partial charge in [-0.25, -0.2) is 0 Å². The van der Waals surface area contributed by atoms with E-state index < -0.39 is 5.60 Å². The zero-order chi connectivity index (χ0) is 26.5. The molecule has 2 heterocycles. The predicted molar refractivity (Wildman–Crippen MR) is 148 cm³/mol. The van der Waals surface area contributed by atoms with Crippen LogP contribution in [-0.2, 0) is 23.7 Å². The minimum Gasteiger partial charge on any atom is -0.504 e. The summed E-state index contributed by atoms with van der Waals surface area (Å²) >= 11 is 0. The molecule has 4 heteroatoms. The van der Waals surface area contributed by atoms with Crippen molar-refractivity contribution in [3.05, 3.63) is 70.3 Å². The number of ether oxygens (including phenoxy) is 1. The first kappa shape index (κ1) is 25.0. The lowest BCUT2D eigenvalue weighted by atomic mass is 9.51. The number of benzene rings is 2. The van der Waals surface area contributed by atoms with Crippen molar-refractivity contribution in [3.8, 4) is 11.5 Å². The molecule has 37 heavy (non-hydrogen) atoms. The van der Waals surface area contributed by atoms with Crippen molar-refractivity contribution in [2.45, 2.75) is 89.4 Å². The Morgan fingerprint density at radius 1 is 1.19 bits per heavy atom. The molecule has 2 aromatic rings. The fourth-order valence-corrected chi connectivity index (χ4v) is 8.53. The van der Waals surface area contributed by atoms with E-state index in [1.54, 1.807) is 0 Å². The van der Waals surface area contributed by atoms with E-state index in [0.717, 1.165) is 42.4 Å². The van der Waals surface area contributed by atoms with Crippen LogP contribution in [0.2, 0.25) is 0 Å². The SMILES string of the molecule is Cc1cc2c3c(c1O)O[C@@H]1[C@]34CC[N@+](C)(CC(C)Cc3ccc(C(C)(C)C)cc3)[C@H](C2)[C@@H]4C=C[C@]1(C)O. The van der Waals surface area contributed by atoms with Gasteiger partial charge in [-0.05, 0) is 47.9 Å². The van der Waals surface area contributed by atoms with Crippen LogP contribution in [0.25, 0.3) is 0 Å². The molecule has 6 rings (SSSR count). The topological polar surface area (TPSA) is 49.7 Å². The first-order valence-electron chi connectivity index (χ1n) is 14.1. The molecule has 1 unspecified atom stereocenters. The highest BCUT2D eigenvalue weighted by molar-refractivity contribution is 5.64. The van der Waals surface area contributed by atoms with Gasteiger partial charge in [0.2, 0.25) is 0 Å². The Morgan fingerprint density at radius 2 is 1.89 bits per heavy atom. The minimum absolute atomic E-state index is 0.179. The van der Waals surface area contributed by atoms with Crippen LogP contribution >= 0.6 is 0 Å². The molecule has 0 aromatic heterocycles. The van der Waals surface area contributed by atoms with E-state index in [-0.39, 0.29) is 22.7 Å². The van der Waals surface area contributed by atoms with E-state index in [0.29, 0.717) is 23.6 Å². The first-order chi connectivity index (χ1) is 17.3. The lowest BCUT2D eigenvalue weighted by molar-refractivity contribution is -0.946. The number of piperidine rings is 1. The lowest BCUT2D eigenvalue weighted by Crippen LogP contribution is -2.73. The second-order valence-electron chi connectivity index (χ2n) is 14.2. The van der Waals surface area contributed by atoms with Crippen LogP contribution in [0.5, 0.6) is 11.5 Å². The molecule has 2 aliphatic heterocycles. The molecule has 2 aliphatic carbocycles. The van der Waals surface area contributed by atoms with Gasteiger partial charge in [0.15, 0.2) is 11.5 Å². The number of aliphatic hydroxyl groups is 1. The normalized spacial score (nSPS) is 36.2. The van der Waals surface area contributed by atoms with Gasteiger partial charge in [-0.3, -0.25) is 0 Å². The second-order valence-corrected chi connectivity index (χ2v) is 14.2. The number of rotatable bonds is 4. The van der Waals surface area contributed by atoms with Gasteiger partial charge in [-0.2, -0.15) is 0 Å². The molecule has 2 bridgehead atoms. The Morgan fingerprint density at radius 3 is 2.57 bits per heavy atom. The van der Waals surface area contributed by atoms with Crippen molar-refractivity contribution >= 4 is 0 Å². The maximum atomic E-state index is 11.4. The van der Waals surface area contributed by atoms with Gasteiger partial charge in [0.1, 0.15) is 17.7 Å². The summed E-state index contributed by atoms with van der Waals surface area (Å²) in [5.41, 5.74) is 5.04. The summed E-state index contributed by atoms with van der Waals surface area (Å²) in [5.74, 6) is 1.75. The third-order valence-corrected chi connectivity index (χ3v) is 10.3. The molecular weight excluding hydrogens is 458 g/mol. The third-order valence-electron chi connectivity index (χ3n) is 10.3. The molecule has 1 fully saturated rings. The van der Waals surface area contributed by atoms with Crippen molar-refractivity contribution in [3.63, 3.8) is 0 Å². The van der Waals surface area contributed by atoms with Crippen LogP contribution in [0, 0.1) is 18.8 Å². The van der Waals surface area contributed by atoms with Gasteiger partial charge in [-0.15, -0.1) is 0 Å². The molecule has 0 saturated carbocycles. The number of nitrogens with zero attached hydrogens (tertiary/aromatic N) is 1. The lowest BCUT2D eigenvalue weighted by Gasteiger charge is -2.61. The molecule has 4 aliphatic rings. The molecule has 7 atom stereocenters. The summed E-state index contributed by atoms with van der Waals surface area (Å²) in [6, 6.07) is 11.9. The van der Waals surface area contributed by atoms with Gasteiger partial charge in [-0.1, -0.05) is 70.2 Å². The molecule has 2 N–H and O–H groups in total. The Kier molecular flexibility index (Phi) is 5.31. The van der Waals surface area contributed by atoms with Crippen LogP contribution in [0.15, 0.2) is 42.5 Å². The summed E-state index contributed by atoms with van der Waals surface area (Å²) in [4.78, 5) is 0. The monoisotopic (exact) mass is 502 g/mol. The molecule has 1 spiro atoms. The van der Waals surface area contributed by atoms with E-state index in [2.05, 4.69) is 71.2 Å². The maximum absolute atomic E-state index is 11.4. The van der Waals surface area contributed by atoms with E-state index in [9.17, 15) is 10.2 Å². The van der Waals surface area contributed by atoms with E-state index >= 15 is 0 Å². The highest BCUT2D eigenvalue weighted by Crippen LogP contribution is 2.65. The number of likely N-dealkylation sites (N-methyl/N-ethyl adjacent to an activating group) is 1. The molecular formula is C33H44NO3+. The highest BCUT2D eigenvalue weighted by atomic mass is 16.5. The third kappa shape index (κ3) is 3.55. The van der Waals surface area contributed by atoms with Gasteiger partial charge < -0.3 is 19.4 Å². The van der Waals surface area contributed by atoms with Gasteiger partial charge >= 0.3 is 0 Å². The zero-order valence-electron chi connectivity index (χ0n) is 23.6. The molecule has 1 saturated heterocycles. The number of hydrogen-bond acceptors (Lipinski definition) is 3. The summed E-state index contributed by atoms with van der Waals surface area (Å²) in [6.07, 6.45) is 6.96. The number of likely N-dealkylation sites (tertiary alicyclic amines) is 1. The number of quaternary nitrogens is 1. The fourth-order valence-electron chi connectivity index (χ4n) is 8.53. The summed E-state index contributed by atoms with van der Waals surface area (Å²) in [5, 5.41) is 22.4. The van der Waals surface area contributed by atoms with E-state index in [1.165, 1.54) is 22.3 Å². The Balaban J connectivity index is 1.32. The average molecular weight is 503 g/mol. The molecule has 0 radical (unpaired) electrons. The van der Waals surface area contributed by atoms with Crippen LogP contribution in [0.3, 0.4) is 0 Å². The van der Waals surface area contributed by atoms with E-state index in [4.69, 9.17) is 4.74 Å².